The lowest BCUT2D eigenvalue weighted by molar-refractivity contribution is 0.104. The number of ketones is 1. The van der Waals surface area contributed by atoms with Crippen LogP contribution in [-0.4, -0.2) is 15.8 Å². The van der Waals surface area contributed by atoms with E-state index in [0.717, 1.165) is 17.0 Å². The number of thiazole rings is 1. The Kier molecular flexibility index (Phi) is 2.47. The maximum absolute atomic E-state index is 11.8. The first-order valence-electron chi connectivity index (χ1n) is 4.33. The molecular formula is C10H8N2O2S. The molecule has 0 unspecified atom stereocenters. The van der Waals surface area contributed by atoms with Crippen molar-refractivity contribution >= 4 is 17.1 Å². The molecule has 2 aromatic heterocycles. The Balaban J connectivity index is 2.40. The van der Waals surface area contributed by atoms with Gasteiger partial charge in [-0.05, 0) is 19.1 Å². The van der Waals surface area contributed by atoms with Crippen molar-refractivity contribution in [1.82, 2.24) is 9.97 Å². The van der Waals surface area contributed by atoms with Crippen molar-refractivity contribution in [1.29, 1.82) is 0 Å². The van der Waals surface area contributed by atoms with Crippen molar-refractivity contribution in [2.24, 2.45) is 0 Å². The van der Waals surface area contributed by atoms with Gasteiger partial charge >= 0.3 is 4.87 Å². The lowest BCUT2D eigenvalue weighted by Gasteiger charge is -1.97. The molecule has 0 saturated carbocycles. The van der Waals surface area contributed by atoms with Gasteiger partial charge in [0.1, 0.15) is 0 Å². The Hall–Kier alpha value is -1.75. The summed E-state index contributed by atoms with van der Waals surface area (Å²) in [6.45, 7) is 1.82. The third kappa shape index (κ3) is 2.02. The molecule has 2 rings (SSSR count). The number of aromatic amines is 1. The monoisotopic (exact) mass is 220 g/mol. The highest BCUT2D eigenvalue weighted by Crippen LogP contribution is 2.10. The number of hydrogen-bond donors (Lipinski definition) is 1. The summed E-state index contributed by atoms with van der Waals surface area (Å²) < 4.78 is 0. The standard InChI is InChI=1S/C10H8N2O2S/c1-6-4-7(2-3-11-6)9(13)8-5-12-10(14)15-8/h2-5H,1H3,(H,12,14). The van der Waals surface area contributed by atoms with Gasteiger partial charge in [0.2, 0.25) is 5.78 Å². The second kappa shape index (κ2) is 3.78. The van der Waals surface area contributed by atoms with Crippen LogP contribution in [-0.2, 0) is 0 Å². The zero-order valence-electron chi connectivity index (χ0n) is 7.98. The summed E-state index contributed by atoms with van der Waals surface area (Å²) in [6.07, 6.45) is 3.02. The molecular weight excluding hydrogens is 212 g/mol. The zero-order chi connectivity index (χ0) is 10.8. The van der Waals surface area contributed by atoms with Crippen LogP contribution in [0.4, 0.5) is 0 Å². The highest BCUT2D eigenvalue weighted by atomic mass is 32.1. The quantitative estimate of drug-likeness (QED) is 0.777. The predicted molar refractivity (Wildman–Crippen MR) is 57.3 cm³/mol. The first kappa shape index (κ1) is 9.79. The van der Waals surface area contributed by atoms with Crippen molar-refractivity contribution in [3.05, 3.63) is 50.3 Å². The minimum Gasteiger partial charge on any atom is -0.319 e. The number of carbonyl (C=O) groups is 1. The molecule has 0 bridgehead atoms. The Morgan fingerprint density at radius 2 is 2.33 bits per heavy atom. The second-order valence-corrected chi connectivity index (χ2v) is 4.07. The SMILES string of the molecule is Cc1cc(C(=O)c2c[nH]c(=O)s2)ccn1. The smallest absolute Gasteiger partial charge is 0.305 e. The summed E-state index contributed by atoms with van der Waals surface area (Å²) in [7, 11) is 0. The number of nitrogens with zero attached hydrogens (tertiary/aromatic N) is 1. The van der Waals surface area contributed by atoms with Crippen molar-refractivity contribution in [2.45, 2.75) is 6.92 Å². The van der Waals surface area contributed by atoms with E-state index in [0.29, 0.717) is 10.4 Å². The van der Waals surface area contributed by atoms with E-state index in [9.17, 15) is 9.59 Å². The van der Waals surface area contributed by atoms with Gasteiger partial charge in [-0.3, -0.25) is 14.6 Å². The fourth-order valence-electron chi connectivity index (χ4n) is 1.22. The summed E-state index contributed by atoms with van der Waals surface area (Å²) in [5, 5.41) is 0. The van der Waals surface area contributed by atoms with E-state index in [2.05, 4.69) is 9.97 Å². The molecule has 0 aliphatic carbocycles. The van der Waals surface area contributed by atoms with E-state index in [1.165, 1.54) is 6.20 Å². The van der Waals surface area contributed by atoms with Crippen molar-refractivity contribution in [3.63, 3.8) is 0 Å². The summed E-state index contributed by atoms with van der Waals surface area (Å²) in [6, 6.07) is 3.34. The van der Waals surface area contributed by atoms with E-state index in [1.807, 2.05) is 6.92 Å². The predicted octanol–water partition coefficient (Wildman–Crippen LogP) is 1.37. The van der Waals surface area contributed by atoms with Gasteiger partial charge in [-0.25, -0.2) is 0 Å². The number of aromatic nitrogens is 2. The molecule has 0 amide bonds. The molecule has 0 spiro atoms. The van der Waals surface area contributed by atoms with Gasteiger partial charge in [-0.1, -0.05) is 11.3 Å². The maximum atomic E-state index is 11.8. The van der Waals surface area contributed by atoms with Crippen LogP contribution in [0.5, 0.6) is 0 Å². The molecule has 2 heterocycles. The normalized spacial score (nSPS) is 10.2. The number of rotatable bonds is 2. The van der Waals surface area contributed by atoms with Gasteiger partial charge in [0.15, 0.2) is 0 Å². The van der Waals surface area contributed by atoms with E-state index in [4.69, 9.17) is 0 Å². The third-order valence-electron chi connectivity index (χ3n) is 1.91. The first-order chi connectivity index (χ1) is 7.16. The first-order valence-corrected chi connectivity index (χ1v) is 5.14. The molecule has 1 N–H and O–H groups in total. The summed E-state index contributed by atoms with van der Waals surface area (Å²) in [4.78, 5) is 29.4. The van der Waals surface area contributed by atoms with E-state index >= 15 is 0 Å². The largest absolute Gasteiger partial charge is 0.319 e. The molecule has 0 aliphatic rings. The van der Waals surface area contributed by atoms with Crippen LogP contribution < -0.4 is 4.87 Å². The molecule has 0 radical (unpaired) electrons. The van der Waals surface area contributed by atoms with Crippen LogP contribution in [0.15, 0.2) is 29.3 Å². The Morgan fingerprint density at radius 1 is 1.53 bits per heavy atom. The second-order valence-electron chi connectivity index (χ2n) is 3.06. The van der Waals surface area contributed by atoms with Gasteiger partial charge in [-0.15, -0.1) is 0 Å². The molecule has 0 aromatic carbocycles. The average Bonchev–Trinajstić information content (AvgIpc) is 2.64. The van der Waals surface area contributed by atoms with Crippen molar-refractivity contribution in [2.75, 3.05) is 0 Å². The van der Waals surface area contributed by atoms with E-state index < -0.39 is 0 Å². The van der Waals surface area contributed by atoms with Crippen LogP contribution in [0, 0.1) is 6.92 Å². The number of pyridine rings is 1. The van der Waals surface area contributed by atoms with Gasteiger partial charge in [0.05, 0.1) is 4.88 Å². The molecule has 76 valence electrons. The summed E-state index contributed by atoms with van der Waals surface area (Å²) in [5.74, 6) is -0.149. The summed E-state index contributed by atoms with van der Waals surface area (Å²) in [5.41, 5.74) is 1.33. The van der Waals surface area contributed by atoms with Crippen molar-refractivity contribution in [3.8, 4) is 0 Å². The van der Waals surface area contributed by atoms with E-state index in [1.54, 1.807) is 18.3 Å². The number of hydrogen-bond acceptors (Lipinski definition) is 4. The fraction of sp³-hybridized carbons (Fsp3) is 0.100. The van der Waals surface area contributed by atoms with Crippen LogP contribution in [0.25, 0.3) is 0 Å². The molecule has 0 atom stereocenters. The number of aryl methyl sites for hydroxylation is 1. The zero-order valence-corrected chi connectivity index (χ0v) is 8.80. The van der Waals surface area contributed by atoms with Gasteiger partial charge in [0.25, 0.3) is 0 Å². The fourth-order valence-corrected chi connectivity index (χ4v) is 1.87. The third-order valence-corrected chi connectivity index (χ3v) is 2.73. The van der Waals surface area contributed by atoms with Crippen LogP contribution in [0.2, 0.25) is 0 Å². The van der Waals surface area contributed by atoms with Crippen molar-refractivity contribution < 1.29 is 4.79 Å². The van der Waals surface area contributed by atoms with Gasteiger partial charge < -0.3 is 4.98 Å². The Bertz CT molecular complexity index is 556. The lowest BCUT2D eigenvalue weighted by atomic mass is 10.1. The minimum absolute atomic E-state index is 0.149. The highest BCUT2D eigenvalue weighted by Gasteiger charge is 2.11. The van der Waals surface area contributed by atoms with Crippen LogP contribution in [0.1, 0.15) is 20.9 Å². The molecule has 2 aromatic rings. The van der Waals surface area contributed by atoms with Crippen LogP contribution in [0.3, 0.4) is 0 Å². The molecule has 0 saturated heterocycles. The molecule has 0 fully saturated rings. The van der Waals surface area contributed by atoms with Gasteiger partial charge in [-0.2, -0.15) is 0 Å². The Morgan fingerprint density at radius 3 is 2.93 bits per heavy atom. The van der Waals surface area contributed by atoms with Crippen LogP contribution >= 0.6 is 11.3 Å². The minimum atomic E-state index is -0.218. The number of carbonyl (C=O) groups excluding carboxylic acids is 1. The molecule has 15 heavy (non-hydrogen) atoms. The molecule has 4 nitrogen and oxygen atoms in total. The molecule has 5 heteroatoms. The van der Waals surface area contributed by atoms with Gasteiger partial charge in [0, 0.05) is 23.7 Å². The molecule has 0 aliphatic heterocycles. The van der Waals surface area contributed by atoms with E-state index in [-0.39, 0.29) is 10.7 Å². The average molecular weight is 220 g/mol. The topological polar surface area (TPSA) is 62.8 Å². The number of nitrogens with one attached hydrogen (secondary N) is 1. The number of H-pyrrole nitrogens is 1. The maximum Gasteiger partial charge on any atom is 0.305 e. The Labute approximate surface area is 89.6 Å². The lowest BCUT2D eigenvalue weighted by Crippen LogP contribution is -1.99. The highest BCUT2D eigenvalue weighted by molar-refractivity contribution is 7.11. The summed E-state index contributed by atoms with van der Waals surface area (Å²) >= 11 is 0.915.